The molecule has 4 nitrogen and oxygen atoms in total. The standard InChI is InChI=1S/C13H18ClNO3/c1-3-13(7-16,8-17)15-12(18)10-4-5-11(14)9(2)6-10/h4-6,16-17H,3,7-8H2,1-2H3,(H,15,18). The quantitative estimate of drug-likeness (QED) is 0.760. The first-order valence-electron chi connectivity index (χ1n) is 5.78. The molecule has 0 atom stereocenters. The second-order valence-corrected chi connectivity index (χ2v) is 4.78. The monoisotopic (exact) mass is 271 g/mol. The highest BCUT2D eigenvalue weighted by atomic mass is 35.5. The minimum absolute atomic E-state index is 0.307. The Labute approximate surface area is 112 Å². The van der Waals surface area contributed by atoms with E-state index in [-0.39, 0.29) is 19.1 Å². The van der Waals surface area contributed by atoms with Gasteiger partial charge in [0.05, 0.1) is 18.8 Å². The molecule has 1 aromatic rings. The summed E-state index contributed by atoms with van der Waals surface area (Å²) in [5.41, 5.74) is 0.279. The molecule has 5 heteroatoms. The van der Waals surface area contributed by atoms with Crippen molar-refractivity contribution in [3.63, 3.8) is 0 Å². The lowest BCUT2D eigenvalue weighted by molar-refractivity contribution is 0.0653. The summed E-state index contributed by atoms with van der Waals surface area (Å²) >= 11 is 5.89. The summed E-state index contributed by atoms with van der Waals surface area (Å²) in [5, 5.41) is 21.8. The number of carbonyl (C=O) groups is 1. The summed E-state index contributed by atoms with van der Waals surface area (Å²) in [4.78, 5) is 12.0. The molecule has 1 rings (SSSR count). The first-order valence-corrected chi connectivity index (χ1v) is 6.16. The number of aryl methyl sites for hydroxylation is 1. The molecular weight excluding hydrogens is 254 g/mol. The molecule has 0 saturated carbocycles. The summed E-state index contributed by atoms with van der Waals surface area (Å²) in [6.07, 6.45) is 0.443. The zero-order valence-corrected chi connectivity index (χ0v) is 11.3. The number of amides is 1. The lowest BCUT2D eigenvalue weighted by atomic mass is 9.97. The Morgan fingerprint density at radius 3 is 2.44 bits per heavy atom. The first kappa shape index (κ1) is 15.0. The second-order valence-electron chi connectivity index (χ2n) is 4.37. The molecule has 0 aromatic heterocycles. The number of carbonyl (C=O) groups excluding carboxylic acids is 1. The van der Waals surface area contributed by atoms with E-state index in [2.05, 4.69) is 5.32 Å². The van der Waals surface area contributed by atoms with Crippen LogP contribution >= 0.6 is 11.6 Å². The molecule has 3 N–H and O–H groups in total. The molecule has 0 fully saturated rings. The van der Waals surface area contributed by atoms with Gasteiger partial charge in [-0.1, -0.05) is 18.5 Å². The number of aliphatic hydroxyl groups is 2. The van der Waals surface area contributed by atoms with Gasteiger partial charge in [-0.25, -0.2) is 0 Å². The number of hydrogen-bond acceptors (Lipinski definition) is 3. The van der Waals surface area contributed by atoms with Crippen LogP contribution in [0, 0.1) is 6.92 Å². The van der Waals surface area contributed by atoms with Crippen LogP contribution in [0.2, 0.25) is 5.02 Å². The van der Waals surface area contributed by atoms with Gasteiger partial charge < -0.3 is 15.5 Å². The van der Waals surface area contributed by atoms with E-state index in [9.17, 15) is 15.0 Å². The van der Waals surface area contributed by atoms with Crippen LogP contribution in [-0.2, 0) is 0 Å². The highest BCUT2D eigenvalue weighted by Gasteiger charge is 2.28. The molecule has 1 aromatic carbocycles. The van der Waals surface area contributed by atoms with Crippen LogP contribution in [0.4, 0.5) is 0 Å². The van der Waals surface area contributed by atoms with Gasteiger partial charge in [0.15, 0.2) is 0 Å². The average Bonchev–Trinajstić information content (AvgIpc) is 2.39. The highest BCUT2D eigenvalue weighted by molar-refractivity contribution is 6.31. The zero-order valence-electron chi connectivity index (χ0n) is 10.5. The van der Waals surface area contributed by atoms with Gasteiger partial charge in [-0.15, -0.1) is 0 Å². The van der Waals surface area contributed by atoms with Crippen molar-refractivity contribution in [3.05, 3.63) is 34.3 Å². The summed E-state index contributed by atoms with van der Waals surface area (Å²) in [7, 11) is 0. The molecule has 0 aliphatic rings. The van der Waals surface area contributed by atoms with Gasteiger partial charge in [0.1, 0.15) is 0 Å². The molecule has 18 heavy (non-hydrogen) atoms. The molecule has 0 heterocycles. The largest absolute Gasteiger partial charge is 0.394 e. The average molecular weight is 272 g/mol. The Morgan fingerprint density at radius 1 is 1.39 bits per heavy atom. The van der Waals surface area contributed by atoms with Crippen molar-refractivity contribution in [2.45, 2.75) is 25.8 Å². The molecule has 0 spiro atoms. The van der Waals surface area contributed by atoms with Crippen LogP contribution in [0.25, 0.3) is 0 Å². The van der Waals surface area contributed by atoms with Crippen molar-refractivity contribution in [1.29, 1.82) is 0 Å². The van der Waals surface area contributed by atoms with E-state index in [1.165, 1.54) is 0 Å². The maximum Gasteiger partial charge on any atom is 0.251 e. The first-order chi connectivity index (χ1) is 8.48. The fraction of sp³-hybridized carbons (Fsp3) is 0.462. The molecule has 0 saturated heterocycles. The number of hydrogen-bond donors (Lipinski definition) is 3. The van der Waals surface area contributed by atoms with Crippen molar-refractivity contribution in [2.24, 2.45) is 0 Å². The van der Waals surface area contributed by atoms with Gasteiger partial charge in [0.2, 0.25) is 0 Å². The Morgan fingerprint density at radius 2 is 2.00 bits per heavy atom. The fourth-order valence-electron chi connectivity index (χ4n) is 1.54. The predicted molar refractivity (Wildman–Crippen MR) is 70.8 cm³/mol. The molecule has 100 valence electrons. The lowest BCUT2D eigenvalue weighted by Gasteiger charge is -2.29. The van der Waals surface area contributed by atoms with E-state index >= 15 is 0 Å². The van der Waals surface area contributed by atoms with E-state index in [1.807, 2.05) is 6.92 Å². The molecule has 0 bridgehead atoms. The molecule has 0 aliphatic heterocycles. The number of benzene rings is 1. The van der Waals surface area contributed by atoms with Crippen LogP contribution < -0.4 is 5.32 Å². The van der Waals surface area contributed by atoms with Crippen molar-refractivity contribution in [3.8, 4) is 0 Å². The van der Waals surface area contributed by atoms with Crippen LogP contribution in [-0.4, -0.2) is 34.9 Å². The van der Waals surface area contributed by atoms with Crippen LogP contribution in [0.5, 0.6) is 0 Å². The van der Waals surface area contributed by atoms with Crippen LogP contribution in [0.3, 0.4) is 0 Å². The number of rotatable bonds is 5. The number of nitrogens with one attached hydrogen (secondary N) is 1. The van der Waals surface area contributed by atoms with E-state index in [1.54, 1.807) is 25.1 Å². The Balaban J connectivity index is 2.90. The van der Waals surface area contributed by atoms with Gasteiger partial charge in [0.25, 0.3) is 5.91 Å². The topological polar surface area (TPSA) is 69.6 Å². The van der Waals surface area contributed by atoms with Gasteiger partial charge in [0, 0.05) is 10.6 Å². The van der Waals surface area contributed by atoms with Crippen molar-refractivity contribution < 1.29 is 15.0 Å². The third-order valence-electron chi connectivity index (χ3n) is 3.08. The molecular formula is C13H18ClNO3. The normalized spacial score (nSPS) is 11.4. The number of halogens is 1. The molecule has 0 aliphatic carbocycles. The maximum atomic E-state index is 12.0. The van der Waals surface area contributed by atoms with E-state index in [4.69, 9.17) is 11.6 Å². The highest BCUT2D eigenvalue weighted by Crippen LogP contribution is 2.17. The van der Waals surface area contributed by atoms with E-state index in [0.717, 1.165) is 5.56 Å². The summed E-state index contributed by atoms with van der Waals surface area (Å²) in [6.45, 7) is 2.99. The van der Waals surface area contributed by atoms with Gasteiger partial charge in [-0.2, -0.15) is 0 Å². The summed E-state index contributed by atoms with van der Waals surface area (Å²) < 4.78 is 0. The van der Waals surface area contributed by atoms with Crippen molar-refractivity contribution in [2.75, 3.05) is 13.2 Å². The molecule has 1 amide bonds. The zero-order chi connectivity index (χ0) is 13.8. The predicted octanol–water partition coefficient (Wildman–Crippen LogP) is 1.51. The maximum absolute atomic E-state index is 12.0. The van der Waals surface area contributed by atoms with E-state index < -0.39 is 5.54 Å². The minimum Gasteiger partial charge on any atom is -0.394 e. The van der Waals surface area contributed by atoms with Crippen LogP contribution in [0.15, 0.2) is 18.2 Å². The number of aliphatic hydroxyl groups excluding tert-OH is 2. The third kappa shape index (κ3) is 3.22. The van der Waals surface area contributed by atoms with Crippen LogP contribution in [0.1, 0.15) is 29.3 Å². The summed E-state index contributed by atoms with van der Waals surface area (Å²) in [5.74, 6) is -0.334. The van der Waals surface area contributed by atoms with Crippen molar-refractivity contribution >= 4 is 17.5 Å². The Bertz CT molecular complexity index is 422. The van der Waals surface area contributed by atoms with Gasteiger partial charge >= 0.3 is 0 Å². The Kier molecular flexibility index (Phi) is 5.14. The second kappa shape index (κ2) is 6.18. The molecule has 0 unspecified atom stereocenters. The minimum atomic E-state index is -0.982. The smallest absolute Gasteiger partial charge is 0.251 e. The Hall–Kier alpha value is -1.10. The van der Waals surface area contributed by atoms with E-state index in [0.29, 0.717) is 17.0 Å². The van der Waals surface area contributed by atoms with Gasteiger partial charge in [-0.3, -0.25) is 4.79 Å². The van der Waals surface area contributed by atoms with Crippen molar-refractivity contribution in [1.82, 2.24) is 5.32 Å². The fourth-order valence-corrected chi connectivity index (χ4v) is 1.66. The van der Waals surface area contributed by atoms with Gasteiger partial charge in [-0.05, 0) is 37.1 Å². The lowest BCUT2D eigenvalue weighted by Crippen LogP contribution is -2.53. The summed E-state index contributed by atoms with van der Waals surface area (Å²) in [6, 6.07) is 4.93. The SMILES string of the molecule is CCC(CO)(CO)NC(=O)c1ccc(Cl)c(C)c1. The third-order valence-corrected chi connectivity index (χ3v) is 3.51. The molecule has 0 radical (unpaired) electrons.